The molecule has 0 bridgehead atoms. The van der Waals surface area contributed by atoms with Crippen molar-refractivity contribution in [2.24, 2.45) is 5.73 Å². The molecule has 0 heterocycles. The van der Waals surface area contributed by atoms with Gasteiger partial charge in [0.15, 0.2) is 0 Å². The van der Waals surface area contributed by atoms with E-state index in [0.29, 0.717) is 12.5 Å². The first-order chi connectivity index (χ1) is 9.33. The van der Waals surface area contributed by atoms with Gasteiger partial charge in [-0.05, 0) is 36.1 Å². The fourth-order valence-electron chi connectivity index (χ4n) is 2.55. The molecule has 0 amide bonds. The zero-order valence-corrected chi connectivity index (χ0v) is 11.7. The smallest absolute Gasteiger partial charge is 0.000157 e. The first-order valence-electron chi connectivity index (χ1n) is 7.16. The van der Waals surface area contributed by atoms with Crippen LogP contribution < -0.4 is 5.73 Å². The van der Waals surface area contributed by atoms with Crippen molar-refractivity contribution in [2.75, 3.05) is 6.54 Å². The van der Waals surface area contributed by atoms with Gasteiger partial charge in [0.05, 0.1) is 0 Å². The molecule has 0 aromatic heterocycles. The molecule has 1 atom stereocenters. The molecule has 2 aromatic carbocycles. The van der Waals surface area contributed by atoms with Crippen molar-refractivity contribution >= 4 is 0 Å². The third kappa shape index (κ3) is 3.93. The van der Waals surface area contributed by atoms with E-state index in [0.717, 1.165) is 12.8 Å². The van der Waals surface area contributed by atoms with Gasteiger partial charge in [-0.15, -0.1) is 0 Å². The maximum absolute atomic E-state index is 5.95. The van der Waals surface area contributed by atoms with Crippen molar-refractivity contribution in [3.63, 3.8) is 0 Å². The zero-order chi connectivity index (χ0) is 13.5. The molecule has 0 saturated heterocycles. The van der Waals surface area contributed by atoms with Crippen LogP contribution in [0.15, 0.2) is 54.6 Å². The molecule has 1 unspecified atom stereocenters. The van der Waals surface area contributed by atoms with Crippen molar-refractivity contribution in [3.05, 3.63) is 71.3 Å². The Kier molecular flexibility index (Phi) is 5.17. The highest BCUT2D eigenvalue weighted by Crippen LogP contribution is 2.20. The fraction of sp³-hybridized carbons (Fsp3) is 0.333. The van der Waals surface area contributed by atoms with E-state index in [4.69, 9.17) is 5.73 Å². The highest BCUT2D eigenvalue weighted by atomic mass is 14.5. The van der Waals surface area contributed by atoms with Gasteiger partial charge in [-0.25, -0.2) is 0 Å². The van der Waals surface area contributed by atoms with Gasteiger partial charge in [-0.1, -0.05) is 67.9 Å². The van der Waals surface area contributed by atoms with Crippen LogP contribution in [0.1, 0.15) is 36.0 Å². The lowest BCUT2D eigenvalue weighted by Gasteiger charge is -2.16. The minimum Gasteiger partial charge on any atom is -0.330 e. The van der Waals surface area contributed by atoms with Gasteiger partial charge in [0, 0.05) is 5.92 Å². The highest BCUT2D eigenvalue weighted by molar-refractivity contribution is 5.28. The van der Waals surface area contributed by atoms with Crippen molar-refractivity contribution in [1.29, 1.82) is 0 Å². The molecule has 1 nitrogen and oxygen atoms in total. The minimum atomic E-state index is 0.415. The molecule has 0 spiro atoms. The second-order valence-corrected chi connectivity index (χ2v) is 5.12. The van der Waals surface area contributed by atoms with Gasteiger partial charge in [-0.2, -0.15) is 0 Å². The van der Waals surface area contributed by atoms with E-state index in [1.165, 1.54) is 23.1 Å². The molecular weight excluding hydrogens is 230 g/mol. The maximum Gasteiger partial charge on any atom is 0.000157 e. The summed E-state index contributed by atoms with van der Waals surface area (Å²) in [5.41, 5.74) is 10.1. The molecule has 0 radical (unpaired) electrons. The third-order valence-corrected chi connectivity index (χ3v) is 3.57. The standard InChI is InChI=1S/C18H23N/c1-2-7-15-8-6-9-16(12-15)13-18(14-19)17-10-4-3-5-11-17/h3-6,8-12,18H,2,7,13-14,19H2,1H3. The Bertz CT molecular complexity index is 490. The number of benzene rings is 2. The summed E-state index contributed by atoms with van der Waals surface area (Å²) < 4.78 is 0. The summed E-state index contributed by atoms with van der Waals surface area (Å²) in [4.78, 5) is 0. The summed E-state index contributed by atoms with van der Waals surface area (Å²) in [6.07, 6.45) is 3.38. The SMILES string of the molecule is CCCc1cccc(CC(CN)c2ccccc2)c1. The molecule has 1 heteroatoms. The van der Waals surface area contributed by atoms with E-state index >= 15 is 0 Å². The monoisotopic (exact) mass is 253 g/mol. The van der Waals surface area contributed by atoms with E-state index < -0.39 is 0 Å². The number of nitrogens with two attached hydrogens (primary N) is 1. The molecule has 0 fully saturated rings. The van der Waals surface area contributed by atoms with Crippen LogP contribution in [0.25, 0.3) is 0 Å². The van der Waals surface area contributed by atoms with Crippen molar-refractivity contribution < 1.29 is 0 Å². The van der Waals surface area contributed by atoms with E-state index in [1.54, 1.807) is 0 Å². The lowest BCUT2D eigenvalue weighted by molar-refractivity contribution is 0.693. The molecule has 2 N–H and O–H groups in total. The Balaban J connectivity index is 2.12. The third-order valence-electron chi connectivity index (χ3n) is 3.57. The van der Waals surface area contributed by atoms with Crippen LogP contribution in [-0.4, -0.2) is 6.54 Å². The number of aryl methyl sites for hydroxylation is 1. The predicted molar refractivity (Wildman–Crippen MR) is 82.4 cm³/mol. The second-order valence-electron chi connectivity index (χ2n) is 5.12. The first kappa shape index (κ1) is 13.8. The molecule has 0 saturated carbocycles. The predicted octanol–water partition coefficient (Wildman–Crippen LogP) is 3.92. The summed E-state index contributed by atoms with van der Waals surface area (Å²) in [7, 11) is 0. The average Bonchev–Trinajstić information content (AvgIpc) is 2.46. The largest absolute Gasteiger partial charge is 0.330 e. The van der Waals surface area contributed by atoms with Crippen LogP contribution in [0, 0.1) is 0 Å². The molecule has 2 aromatic rings. The molecular formula is C18H23N. The van der Waals surface area contributed by atoms with Gasteiger partial charge < -0.3 is 5.73 Å². The van der Waals surface area contributed by atoms with Crippen LogP contribution in [0.5, 0.6) is 0 Å². The van der Waals surface area contributed by atoms with Crippen LogP contribution in [0.3, 0.4) is 0 Å². The number of rotatable bonds is 6. The zero-order valence-electron chi connectivity index (χ0n) is 11.7. The molecule has 0 aliphatic carbocycles. The van der Waals surface area contributed by atoms with Gasteiger partial charge in [-0.3, -0.25) is 0 Å². The van der Waals surface area contributed by atoms with Crippen molar-refractivity contribution in [1.82, 2.24) is 0 Å². The Hall–Kier alpha value is -1.60. The van der Waals surface area contributed by atoms with E-state index in [-0.39, 0.29) is 0 Å². The fourth-order valence-corrected chi connectivity index (χ4v) is 2.55. The van der Waals surface area contributed by atoms with Gasteiger partial charge in [0.2, 0.25) is 0 Å². The maximum atomic E-state index is 5.95. The molecule has 100 valence electrons. The van der Waals surface area contributed by atoms with Gasteiger partial charge in [0.25, 0.3) is 0 Å². The molecule has 19 heavy (non-hydrogen) atoms. The van der Waals surface area contributed by atoms with Crippen molar-refractivity contribution in [3.8, 4) is 0 Å². The molecule has 0 aliphatic rings. The van der Waals surface area contributed by atoms with E-state index in [1.807, 2.05) is 0 Å². The van der Waals surface area contributed by atoms with Crippen molar-refractivity contribution in [2.45, 2.75) is 32.1 Å². The Morgan fingerprint density at radius 1 is 0.947 bits per heavy atom. The second kappa shape index (κ2) is 7.10. The van der Waals surface area contributed by atoms with Crippen LogP contribution in [0.4, 0.5) is 0 Å². The average molecular weight is 253 g/mol. The van der Waals surface area contributed by atoms with Crippen LogP contribution in [-0.2, 0) is 12.8 Å². The lowest BCUT2D eigenvalue weighted by Crippen LogP contribution is -2.15. The summed E-state index contributed by atoms with van der Waals surface area (Å²) in [6, 6.07) is 19.5. The Morgan fingerprint density at radius 2 is 1.68 bits per heavy atom. The molecule has 0 aliphatic heterocycles. The topological polar surface area (TPSA) is 26.0 Å². The normalized spacial score (nSPS) is 12.3. The quantitative estimate of drug-likeness (QED) is 0.829. The summed E-state index contributed by atoms with van der Waals surface area (Å²) in [5, 5.41) is 0. The minimum absolute atomic E-state index is 0.415. The number of hydrogen-bond donors (Lipinski definition) is 1. The lowest BCUT2D eigenvalue weighted by atomic mass is 9.91. The summed E-state index contributed by atoms with van der Waals surface area (Å²) in [5.74, 6) is 0.415. The Morgan fingerprint density at radius 3 is 2.37 bits per heavy atom. The van der Waals surface area contributed by atoms with E-state index in [2.05, 4.69) is 61.5 Å². The van der Waals surface area contributed by atoms with E-state index in [9.17, 15) is 0 Å². The molecule has 2 rings (SSSR count). The summed E-state index contributed by atoms with van der Waals surface area (Å²) >= 11 is 0. The first-order valence-corrected chi connectivity index (χ1v) is 7.16. The highest BCUT2D eigenvalue weighted by Gasteiger charge is 2.10. The van der Waals surface area contributed by atoms with Crippen LogP contribution >= 0.6 is 0 Å². The van der Waals surface area contributed by atoms with Crippen LogP contribution in [0.2, 0.25) is 0 Å². The summed E-state index contributed by atoms with van der Waals surface area (Å²) in [6.45, 7) is 2.92. The van der Waals surface area contributed by atoms with Gasteiger partial charge >= 0.3 is 0 Å². The Labute approximate surface area is 116 Å². The number of hydrogen-bond acceptors (Lipinski definition) is 1. The van der Waals surface area contributed by atoms with Gasteiger partial charge in [0.1, 0.15) is 0 Å².